The highest BCUT2D eigenvalue weighted by molar-refractivity contribution is 6.32. The highest BCUT2D eigenvalue weighted by Gasteiger charge is 2.30. The molecule has 1 saturated heterocycles. The van der Waals surface area contributed by atoms with Crippen molar-refractivity contribution in [1.29, 1.82) is 0 Å². The van der Waals surface area contributed by atoms with Crippen molar-refractivity contribution in [3.63, 3.8) is 0 Å². The van der Waals surface area contributed by atoms with Crippen LogP contribution in [0.15, 0.2) is 28.7 Å². The zero-order valence-electron chi connectivity index (χ0n) is 13.8. The number of nitrogens with zero attached hydrogens (tertiary/aromatic N) is 3. The summed E-state index contributed by atoms with van der Waals surface area (Å²) in [6.07, 6.45) is 1.24. The molecule has 0 spiro atoms. The van der Waals surface area contributed by atoms with E-state index < -0.39 is 11.9 Å². The Bertz CT molecular complexity index is 752. The number of piperidine rings is 1. The number of hydrogen-bond acceptors (Lipinski definition) is 6. The molecule has 7 nitrogen and oxygen atoms in total. The van der Waals surface area contributed by atoms with Gasteiger partial charge in [-0.25, -0.2) is 9.18 Å². The number of ether oxygens (including phenoxy) is 1. The molecular weight excluding hydrogens is 329 g/mol. The zero-order valence-corrected chi connectivity index (χ0v) is 13.8. The Kier molecular flexibility index (Phi) is 5.06. The molecule has 1 amide bonds. The van der Waals surface area contributed by atoms with Gasteiger partial charge in [0, 0.05) is 24.6 Å². The Balaban J connectivity index is 1.61. The Labute approximate surface area is 143 Å². The molecule has 132 valence electrons. The molecule has 3 rings (SSSR count). The van der Waals surface area contributed by atoms with E-state index in [-0.39, 0.29) is 18.3 Å². The summed E-state index contributed by atoms with van der Waals surface area (Å²) in [6, 6.07) is 5.82. The van der Waals surface area contributed by atoms with Gasteiger partial charge in [-0.3, -0.25) is 4.79 Å². The van der Waals surface area contributed by atoms with Gasteiger partial charge in [-0.1, -0.05) is 0 Å². The lowest BCUT2D eigenvalue weighted by Gasteiger charge is -2.29. The summed E-state index contributed by atoms with van der Waals surface area (Å²) in [4.78, 5) is 24.9. The Hall–Kier alpha value is -2.77. The van der Waals surface area contributed by atoms with Crippen LogP contribution >= 0.6 is 0 Å². The summed E-state index contributed by atoms with van der Waals surface area (Å²) < 4.78 is 23.4. The van der Waals surface area contributed by atoms with E-state index in [0.29, 0.717) is 43.3 Å². The monoisotopic (exact) mass is 347 g/mol. The highest BCUT2D eigenvalue weighted by atomic mass is 19.1. The lowest BCUT2D eigenvalue weighted by atomic mass is 9.97. The fourth-order valence-electron chi connectivity index (χ4n) is 2.76. The molecule has 25 heavy (non-hydrogen) atoms. The Morgan fingerprint density at radius 1 is 1.24 bits per heavy atom. The summed E-state index contributed by atoms with van der Waals surface area (Å²) >= 11 is 0. The van der Waals surface area contributed by atoms with Crippen LogP contribution < -0.4 is 0 Å². The van der Waals surface area contributed by atoms with Crippen LogP contribution in [0.25, 0.3) is 11.5 Å². The summed E-state index contributed by atoms with van der Waals surface area (Å²) in [5.74, 6) is -0.923. The quantitative estimate of drug-likeness (QED) is 0.625. The van der Waals surface area contributed by atoms with Gasteiger partial charge >= 0.3 is 11.9 Å². The molecule has 0 saturated carbocycles. The van der Waals surface area contributed by atoms with Gasteiger partial charge < -0.3 is 14.1 Å². The van der Waals surface area contributed by atoms with E-state index >= 15 is 0 Å². The van der Waals surface area contributed by atoms with Crippen molar-refractivity contribution in [1.82, 2.24) is 15.1 Å². The maximum Gasteiger partial charge on any atom is 0.397 e. The minimum atomic E-state index is -0.822. The van der Waals surface area contributed by atoms with Crippen molar-refractivity contribution in [2.45, 2.75) is 25.7 Å². The van der Waals surface area contributed by atoms with Crippen molar-refractivity contribution in [2.24, 2.45) is 0 Å². The average Bonchev–Trinajstić information content (AvgIpc) is 3.12. The van der Waals surface area contributed by atoms with Crippen molar-refractivity contribution in [3.05, 3.63) is 36.0 Å². The third-order valence-corrected chi connectivity index (χ3v) is 4.11. The minimum Gasteiger partial charge on any atom is -0.459 e. The second-order valence-corrected chi connectivity index (χ2v) is 5.74. The number of benzene rings is 1. The molecule has 0 atom stereocenters. The summed E-state index contributed by atoms with van der Waals surface area (Å²) in [7, 11) is 0. The molecule has 1 aromatic carbocycles. The summed E-state index contributed by atoms with van der Waals surface area (Å²) in [5, 5.41) is 8.07. The molecule has 1 aliphatic rings. The Morgan fingerprint density at radius 2 is 1.92 bits per heavy atom. The first-order valence-corrected chi connectivity index (χ1v) is 8.14. The predicted octanol–water partition coefficient (Wildman–Crippen LogP) is 2.14. The number of aromatic nitrogens is 2. The molecule has 0 unspecified atom stereocenters. The molecule has 1 aromatic heterocycles. The number of likely N-dealkylation sites (tertiary alicyclic amines) is 1. The Morgan fingerprint density at radius 3 is 2.56 bits per heavy atom. The molecule has 0 aliphatic carbocycles. The van der Waals surface area contributed by atoms with Gasteiger partial charge in [-0.2, -0.15) is 0 Å². The highest BCUT2D eigenvalue weighted by Crippen LogP contribution is 2.29. The fourth-order valence-corrected chi connectivity index (χ4v) is 2.76. The van der Waals surface area contributed by atoms with E-state index in [0.717, 1.165) is 0 Å². The van der Waals surface area contributed by atoms with E-state index in [1.54, 1.807) is 19.1 Å². The maximum atomic E-state index is 13.0. The normalized spacial score (nSPS) is 15.2. The topological polar surface area (TPSA) is 85.5 Å². The van der Waals surface area contributed by atoms with Crippen molar-refractivity contribution < 1.29 is 23.1 Å². The molecule has 0 N–H and O–H groups in total. The van der Waals surface area contributed by atoms with Crippen molar-refractivity contribution in [3.8, 4) is 11.5 Å². The van der Waals surface area contributed by atoms with Gasteiger partial charge in [0.25, 0.3) is 0 Å². The fraction of sp³-hybridized carbons (Fsp3) is 0.412. The average molecular weight is 347 g/mol. The summed E-state index contributed by atoms with van der Waals surface area (Å²) in [5.41, 5.74) is 0.648. The van der Waals surface area contributed by atoms with Crippen LogP contribution in [-0.4, -0.2) is 46.7 Å². The predicted molar refractivity (Wildman–Crippen MR) is 84.9 cm³/mol. The number of carbonyl (C=O) groups is 2. The minimum absolute atomic E-state index is 0.0212. The lowest BCUT2D eigenvalue weighted by Crippen LogP contribution is -2.42. The van der Waals surface area contributed by atoms with E-state index in [9.17, 15) is 14.0 Å². The van der Waals surface area contributed by atoms with Crippen LogP contribution in [0.1, 0.15) is 31.6 Å². The van der Waals surface area contributed by atoms with Crippen LogP contribution in [0.3, 0.4) is 0 Å². The van der Waals surface area contributed by atoms with Crippen molar-refractivity contribution >= 4 is 11.9 Å². The van der Waals surface area contributed by atoms with Gasteiger partial charge in [-0.15, -0.1) is 10.2 Å². The van der Waals surface area contributed by atoms with E-state index in [2.05, 4.69) is 10.2 Å². The molecule has 1 fully saturated rings. The maximum absolute atomic E-state index is 13.0. The largest absolute Gasteiger partial charge is 0.459 e. The first-order chi connectivity index (χ1) is 12.1. The van der Waals surface area contributed by atoms with E-state index in [1.807, 2.05) is 0 Å². The molecule has 0 bridgehead atoms. The van der Waals surface area contributed by atoms with Crippen LogP contribution in [0, 0.1) is 5.82 Å². The van der Waals surface area contributed by atoms with E-state index in [4.69, 9.17) is 9.15 Å². The molecular formula is C17H18FN3O4. The third-order valence-electron chi connectivity index (χ3n) is 4.11. The van der Waals surface area contributed by atoms with Gasteiger partial charge in [0.2, 0.25) is 11.8 Å². The van der Waals surface area contributed by atoms with Crippen LogP contribution in [0.2, 0.25) is 0 Å². The van der Waals surface area contributed by atoms with Crippen LogP contribution in [0.4, 0.5) is 4.39 Å². The second kappa shape index (κ2) is 7.42. The number of rotatable bonds is 3. The SMILES string of the molecule is CCOC(=O)C(=O)N1CCC(c2nnc(-c3ccc(F)cc3)o2)CC1. The van der Waals surface area contributed by atoms with Crippen molar-refractivity contribution in [2.75, 3.05) is 19.7 Å². The van der Waals surface area contributed by atoms with Crippen LogP contribution in [0.5, 0.6) is 0 Å². The zero-order chi connectivity index (χ0) is 17.8. The number of hydrogen-bond donors (Lipinski definition) is 0. The molecule has 2 aromatic rings. The number of carbonyl (C=O) groups excluding carboxylic acids is 2. The van der Waals surface area contributed by atoms with Gasteiger partial charge in [0.15, 0.2) is 0 Å². The standard InChI is InChI=1S/C17H18FN3O4/c1-2-24-17(23)16(22)21-9-7-12(8-10-21)15-20-19-14(25-15)11-3-5-13(18)6-4-11/h3-6,12H,2,7-10H2,1H3. The first kappa shape index (κ1) is 17.1. The molecule has 8 heteroatoms. The van der Waals surface area contributed by atoms with Gasteiger partial charge in [0.1, 0.15) is 5.82 Å². The first-order valence-electron chi connectivity index (χ1n) is 8.14. The molecule has 2 heterocycles. The molecule has 0 radical (unpaired) electrons. The lowest BCUT2D eigenvalue weighted by molar-refractivity contribution is -0.160. The van der Waals surface area contributed by atoms with E-state index in [1.165, 1.54) is 17.0 Å². The smallest absolute Gasteiger partial charge is 0.397 e. The van der Waals surface area contributed by atoms with Gasteiger partial charge in [0.05, 0.1) is 6.61 Å². The molecule has 1 aliphatic heterocycles. The number of amides is 1. The van der Waals surface area contributed by atoms with Crippen LogP contribution in [-0.2, 0) is 14.3 Å². The summed E-state index contributed by atoms with van der Waals surface area (Å²) in [6.45, 7) is 2.69. The third kappa shape index (κ3) is 3.84. The second-order valence-electron chi connectivity index (χ2n) is 5.74. The van der Waals surface area contributed by atoms with Gasteiger partial charge in [-0.05, 0) is 44.0 Å². The number of halogens is 1. The number of esters is 1.